The summed E-state index contributed by atoms with van der Waals surface area (Å²) in [6.45, 7) is 8.03. The Labute approximate surface area is 120 Å². The molecule has 0 bridgehead atoms. The molecule has 0 saturated carbocycles. The maximum atomic E-state index is 5.37. The third-order valence-corrected chi connectivity index (χ3v) is 4.10. The second kappa shape index (κ2) is 6.37. The third kappa shape index (κ3) is 3.38. The van der Waals surface area contributed by atoms with E-state index in [1.165, 1.54) is 11.1 Å². The summed E-state index contributed by atoms with van der Waals surface area (Å²) in [6, 6.07) is 0. The van der Waals surface area contributed by atoms with E-state index in [0.29, 0.717) is 5.92 Å². The van der Waals surface area contributed by atoms with Crippen molar-refractivity contribution in [1.82, 2.24) is 14.7 Å². The molecule has 1 aliphatic carbocycles. The van der Waals surface area contributed by atoms with Gasteiger partial charge in [-0.25, -0.2) is 0 Å². The third-order valence-electron chi connectivity index (χ3n) is 4.10. The largest absolute Gasteiger partial charge is 0.379 e. The summed E-state index contributed by atoms with van der Waals surface area (Å²) in [5, 5.41) is 4.51. The van der Waals surface area contributed by atoms with Crippen LogP contribution < -0.4 is 0 Å². The summed E-state index contributed by atoms with van der Waals surface area (Å²) >= 11 is 0. The lowest BCUT2D eigenvalue weighted by atomic mass is 9.91. The van der Waals surface area contributed by atoms with Gasteiger partial charge in [-0.15, -0.1) is 0 Å². The summed E-state index contributed by atoms with van der Waals surface area (Å²) in [5.41, 5.74) is 2.77. The quantitative estimate of drug-likeness (QED) is 0.842. The van der Waals surface area contributed by atoms with Gasteiger partial charge in [0, 0.05) is 31.7 Å². The molecule has 2 heterocycles. The number of hydrogen-bond acceptors (Lipinski definition) is 3. The van der Waals surface area contributed by atoms with Crippen molar-refractivity contribution in [2.45, 2.75) is 25.8 Å². The van der Waals surface area contributed by atoms with Crippen LogP contribution in [0.2, 0.25) is 0 Å². The standard InChI is InChI=1S/C16H23N3O/c1-14-3-2-4-15(11-14)16-12-17-19(13-16)6-5-18-7-9-20-10-8-18/h2-4,12-13,15H,5-11H2,1H3. The summed E-state index contributed by atoms with van der Waals surface area (Å²) < 4.78 is 7.44. The van der Waals surface area contributed by atoms with E-state index in [-0.39, 0.29) is 0 Å². The molecule has 4 heteroatoms. The van der Waals surface area contributed by atoms with E-state index in [4.69, 9.17) is 4.74 Å². The molecule has 3 rings (SSSR count). The number of ether oxygens (including phenoxy) is 1. The van der Waals surface area contributed by atoms with Crippen LogP contribution in [0.3, 0.4) is 0 Å². The Morgan fingerprint density at radius 3 is 2.95 bits per heavy atom. The van der Waals surface area contributed by atoms with Crippen molar-refractivity contribution < 1.29 is 4.74 Å². The maximum absolute atomic E-state index is 5.37. The Morgan fingerprint density at radius 2 is 2.15 bits per heavy atom. The first-order chi connectivity index (χ1) is 9.81. The van der Waals surface area contributed by atoms with E-state index in [1.54, 1.807) is 0 Å². The average Bonchev–Trinajstić information content (AvgIpc) is 2.95. The fraction of sp³-hybridized carbons (Fsp3) is 0.562. The van der Waals surface area contributed by atoms with E-state index < -0.39 is 0 Å². The van der Waals surface area contributed by atoms with Crippen LogP contribution in [0.25, 0.3) is 0 Å². The molecular weight excluding hydrogens is 250 g/mol. The second-order valence-corrected chi connectivity index (χ2v) is 5.70. The van der Waals surface area contributed by atoms with Gasteiger partial charge in [-0.05, 0) is 18.9 Å². The Hall–Kier alpha value is -1.39. The highest BCUT2D eigenvalue weighted by Gasteiger charge is 2.14. The van der Waals surface area contributed by atoms with Crippen molar-refractivity contribution in [2.24, 2.45) is 0 Å². The van der Waals surface area contributed by atoms with Gasteiger partial charge in [-0.2, -0.15) is 5.10 Å². The van der Waals surface area contributed by atoms with E-state index in [1.807, 2.05) is 6.20 Å². The van der Waals surface area contributed by atoms with Crippen molar-refractivity contribution >= 4 is 0 Å². The molecule has 4 nitrogen and oxygen atoms in total. The molecule has 108 valence electrons. The number of rotatable bonds is 4. The summed E-state index contributed by atoms with van der Waals surface area (Å²) in [7, 11) is 0. The predicted molar refractivity (Wildman–Crippen MR) is 79.7 cm³/mol. The Kier molecular flexibility index (Phi) is 4.33. The van der Waals surface area contributed by atoms with Crippen LogP contribution >= 0.6 is 0 Å². The number of allylic oxidation sites excluding steroid dienone is 4. The molecule has 2 aliphatic rings. The highest BCUT2D eigenvalue weighted by molar-refractivity contribution is 5.28. The summed E-state index contributed by atoms with van der Waals surface area (Å²) in [6.07, 6.45) is 12.0. The monoisotopic (exact) mass is 273 g/mol. The van der Waals surface area contributed by atoms with Gasteiger partial charge in [-0.1, -0.05) is 23.8 Å². The summed E-state index contributed by atoms with van der Waals surface area (Å²) in [4.78, 5) is 2.44. The molecule has 1 aromatic rings. The highest BCUT2D eigenvalue weighted by atomic mass is 16.5. The molecule has 1 unspecified atom stereocenters. The van der Waals surface area contributed by atoms with Gasteiger partial charge in [-0.3, -0.25) is 9.58 Å². The first-order valence-corrected chi connectivity index (χ1v) is 7.48. The average molecular weight is 273 g/mol. The number of hydrogen-bond donors (Lipinski definition) is 0. The number of morpholine rings is 1. The molecule has 0 radical (unpaired) electrons. The molecule has 1 aromatic heterocycles. The van der Waals surface area contributed by atoms with Gasteiger partial charge in [0.1, 0.15) is 0 Å². The number of aromatic nitrogens is 2. The van der Waals surface area contributed by atoms with E-state index in [0.717, 1.165) is 45.8 Å². The normalized spacial score (nSPS) is 23.9. The van der Waals surface area contributed by atoms with Crippen LogP contribution in [-0.4, -0.2) is 47.5 Å². The molecule has 20 heavy (non-hydrogen) atoms. The molecule has 0 spiro atoms. The van der Waals surface area contributed by atoms with E-state index >= 15 is 0 Å². The molecule has 1 saturated heterocycles. The first kappa shape index (κ1) is 13.6. The van der Waals surface area contributed by atoms with Crippen LogP contribution in [0.5, 0.6) is 0 Å². The van der Waals surface area contributed by atoms with Gasteiger partial charge in [0.25, 0.3) is 0 Å². The fourth-order valence-electron chi connectivity index (χ4n) is 2.83. The Morgan fingerprint density at radius 1 is 1.30 bits per heavy atom. The smallest absolute Gasteiger partial charge is 0.0594 e. The lowest BCUT2D eigenvalue weighted by Gasteiger charge is -2.26. The molecule has 1 atom stereocenters. The lowest BCUT2D eigenvalue weighted by Crippen LogP contribution is -2.38. The predicted octanol–water partition coefficient (Wildman–Crippen LogP) is 2.21. The fourth-order valence-corrected chi connectivity index (χ4v) is 2.83. The van der Waals surface area contributed by atoms with Crippen LogP contribution in [0.1, 0.15) is 24.8 Å². The zero-order valence-electron chi connectivity index (χ0n) is 12.2. The number of nitrogens with zero attached hydrogens (tertiary/aromatic N) is 3. The molecule has 0 aromatic carbocycles. The van der Waals surface area contributed by atoms with Crippen molar-refractivity contribution in [2.75, 3.05) is 32.8 Å². The highest BCUT2D eigenvalue weighted by Crippen LogP contribution is 2.27. The van der Waals surface area contributed by atoms with Crippen LogP contribution in [-0.2, 0) is 11.3 Å². The zero-order chi connectivity index (χ0) is 13.8. The van der Waals surface area contributed by atoms with Gasteiger partial charge < -0.3 is 4.74 Å². The minimum atomic E-state index is 0.497. The summed E-state index contributed by atoms with van der Waals surface area (Å²) in [5.74, 6) is 0.497. The minimum Gasteiger partial charge on any atom is -0.379 e. The van der Waals surface area contributed by atoms with Crippen LogP contribution in [0.15, 0.2) is 36.2 Å². The van der Waals surface area contributed by atoms with Gasteiger partial charge in [0.15, 0.2) is 0 Å². The SMILES string of the molecule is CC1=CC=CC(c2cnn(CCN3CCOCC3)c2)C1. The molecule has 1 aliphatic heterocycles. The van der Waals surface area contributed by atoms with E-state index in [2.05, 4.69) is 46.0 Å². The van der Waals surface area contributed by atoms with Crippen molar-refractivity contribution in [3.63, 3.8) is 0 Å². The first-order valence-electron chi connectivity index (χ1n) is 7.48. The van der Waals surface area contributed by atoms with Gasteiger partial charge in [0.2, 0.25) is 0 Å². The Balaban J connectivity index is 1.54. The second-order valence-electron chi connectivity index (χ2n) is 5.70. The van der Waals surface area contributed by atoms with Crippen LogP contribution in [0.4, 0.5) is 0 Å². The van der Waals surface area contributed by atoms with Crippen molar-refractivity contribution in [3.8, 4) is 0 Å². The zero-order valence-corrected chi connectivity index (χ0v) is 12.2. The van der Waals surface area contributed by atoms with Crippen LogP contribution in [0, 0.1) is 0 Å². The maximum Gasteiger partial charge on any atom is 0.0594 e. The molecule has 0 N–H and O–H groups in total. The van der Waals surface area contributed by atoms with Crippen molar-refractivity contribution in [1.29, 1.82) is 0 Å². The lowest BCUT2D eigenvalue weighted by molar-refractivity contribution is 0.0359. The van der Waals surface area contributed by atoms with E-state index in [9.17, 15) is 0 Å². The molecule has 1 fully saturated rings. The van der Waals surface area contributed by atoms with Gasteiger partial charge >= 0.3 is 0 Å². The minimum absolute atomic E-state index is 0.497. The molecular formula is C16H23N3O. The van der Waals surface area contributed by atoms with Gasteiger partial charge in [0.05, 0.1) is 26.0 Å². The Bertz CT molecular complexity index is 498. The van der Waals surface area contributed by atoms with Crippen molar-refractivity contribution in [3.05, 3.63) is 41.8 Å². The topological polar surface area (TPSA) is 30.3 Å². The molecule has 0 amide bonds.